The zero-order valence-electron chi connectivity index (χ0n) is 3.65. The molecule has 0 aromatic heterocycles. The van der Waals surface area contributed by atoms with Crippen LogP contribution in [0.25, 0.3) is 0 Å². The molecule has 1 saturated heterocycles. The lowest BCUT2D eigenvalue weighted by Gasteiger charge is -2.23. The van der Waals surface area contributed by atoms with Gasteiger partial charge >= 0.3 is 0 Å². The molecule has 1 heterocycles. The molecule has 0 radical (unpaired) electrons. The number of allylic oxidation sites excluding steroid dienone is 1. The zero-order chi connectivity index (χ0) is 4.57. The van der Waals surface area contributed by atoms with Gasteiger partial charge in [0.15, 0.2) is 0 Å². The molecular formula is C4H8NP. The second kappa shape index (κ2) is 1.32. The Morgan fingerprint density at radius 2 is 2.17 bits per heavy atom. The molecule has 0 amide bonds. The highest BCUT2D eigenvalue weighted by molar-refractivity contribution is 7.57. The lowest BCUT2D eigenvalue weighted by Crippen LogP contribution is -2.13. The first kappa shape index (κ1) is 4.29. The standard InChI is InChI=1S/C4H8NP/c1-4-2-6(5)3-4/h1-3,5H2. The summed E-state index contributed by atoms with van der Waals surface area (Å²) in [5, 5.41) is 0. The van der Waals surface area contributed by atoms with E-state index in [1.807, 2.05) is 0 Å². The summed E-state index contributed by atoms with van der Waals surface area (Å²) in [6, 6.07) is 0. The van der Waals surface area contributed by atoms with Crippen LogP contribution in [-0.2, 0) is 0 Å². The topological polar surface area (TPSA) is 26.0 Å². The van der Waals surface area contributed by atoms with Crippen LogP contribution in [0.3, 0.4) is 0 Å². The van der Waals surface area contributed by atoms with E-state index in [1.165, 1.54) is 5.57 Å². The maximum absolute atomic E-state index is 5.47. The van der Waals surface area contributed by atoms with Crippen molar-refractivity contribution in [3.63, 3.8) is 0 Å². The second-order valence-electron chi connectivity index (χ2n) is 1.65. The summed E-state index contributed by atoms with van der Waals surface area (Å²) in [5.41, 5.74) is 6.81. The monoisotopic (exact) mass is 101 g/mol. The first-order valence-electron chi connectivity index (χ1n) is 1.95. The summed E-state index contributed by atoms with van der Waals surface area (Å²) >= 11 is 0. The lowest BCUT2D eigenvalue weighted by atomic mass is 10.4. The minimum atomic E-state index is -0.0566. The quantitative estimate of drug-likeness (QED) is 0.356. The van der Waals surface area contributed by atoms with Gasteiger partial charge in [0, 0.05) is 12.3 Å². The third-order valence-corrected chi connectivity index (χ3v) is 2.56. The van der Waals surface area contributed by atoms with Gasteiger partial charge in [0.1, 0.15) is 0 Å². The highest BCUT2D eigenvalue weighted by Gasteiger charge is 2.14. The van der Waals surface area contributed by atoms with Gasteiger partial charge in [-0.15, -0.1) is 0 Å². The van der Waals surface area contributed by atoms with Gasteiger partial charge in [-0.1, -0.05) is 12.2 Å². The summed E-state index contributed by atoms with van der Waals surface area (Å²) in [6.45, 7) is 3.75. The fraction of sp³-hybridized carbons (Fsp3) is 0.500. The highest BCUT2D eigenvalue weighted by Crippen LogP contribution is 2.40. The molecule has 0 aliphatic carbocycles. The molecule has 0 aromatic rings. The van der Waals surface area contributed by atoms with E-state index in [0.717, 1.165) is 12.3 Å². The van der Waals surface area contributed by atoms with Crippen LogP contribution in [0.4, 0.5) is 0 Å². The van der Waals surface area contributed by atoms with Crippen LogP contribution in [0.2, 0.25) is 0 Å². The van der Waals surface area contributed by atoms with Crippen molar-refractivity contribution in [2.75, 3.05) is 12.3 Å². The highest BCUT2D eigenvalue weighted by atomic mass is 31.1. The van der Waals surface area contributed by atoms with Crippen LogP contribution in [0.1, 0.15) is 0 Å². The molecule has 1 rings (SSSR count). The summed E-state index contributed by atoms with van der Waals surface area (Å²) in [4.78, 5) is 0. The number of hydrogen-bond donors (Lipinski definition) is 1. The van der Waals surface area contributed by atoms with Crippen molar-refractivity contribution in [1.29, 1.82) is 0 Å². The molecule has 0 saturated carbocycles. The average Bonchev–Trinajstić information content (AvgIpc) is 1.33. The van der Waals surface area contributed by atoms with Gasteiger partial charge < -0.3 is 5.50 Å². The molecular weight excluding hydrogens is 93.0 g/mol. The summed E-state index contributed by atoms with van der Waals surface area (Å²) in [6.07, 6.45) is 2.24. The minimum Gasteiger partial charge on any atom is -0.309 e. The maximum Gasteiger partial charge on any atom is 0.00189 e. The van der Waals surface area contributed by atoms with E-state index < -0.39 is 0 Å². The van der Waals surface area contributed by atoms with E-state index in [0.29, 0.717) is 0 Å². The van der Waals surface area contributed by atoms with Gasteiger partial charge in [-0.25, -0.2) is 0 Å². The van der Waals surface area contributed by atoms with Crippen LogP contribution >= 0.6 is 8.07 Å². The normalized spacial score (nSPS) is 23.8. The van der Waals surface area contributed by atoms with Crippen molar-refractivity contribution < 1.29 is 0 Å². The molecule has 6 heavy (non-hydrogen) atoms. The van der Waals surface area contributed by atoms with Gasteiger partial charge in [0.25, 0.3) is 0 Å². The van der Waals surface area contributed by atoms with Crippen molar-refractivity contribution in [3.8, 4) is 0 Å². The Hall–Kier alpha value is 0.130. The van der Waals surface area contributed by atoms with Crippen molar-refractivity contribution in [1.82, 2.24) is 0 Å². The van der Waals surface area contributed by atoms with Crippen LogP contribution in [0.15, 0.2) is 12.2 Å². The van der Waals surface area contributed by atoms with E-state index in [2.05, 4.69) is 6.58 Å². The summed E-state index contributed by atoms with van der Waals surface area (Å²) < 4.78 is 0. The Bertz CT molecular complexity index is 71.6. The SMILES string of the molecule is C=C1CP(N)C1. The van der Waals surface area contributed by atoms with Gasteiger partial charge in [-0.3, -0.25) is 0 Å². The van der Waals surface area contributed by atoms with Gasteiger partial charge in [-0.2, -0.15) is 0 Å². The third-order valence-electron chi connectivity index (χ3n) is 0.853. The van der Waals surface area contributed by atoms with E-state index in [4.69, 9.17) is 5.50 Å². The molecule has 1 aliphatic heterocycles. The van der Waals surface area contributed by atoms with Crippen molar-refractivity contribution in [2.24, 2.45) is 5.50 Å². The van der Waals surface area contributed by atoms with E-state index in [1.54, 1.807) is 0 Å². The predicted molar refractivity (Wildman–Crippen MR) is 30.0 cm³/mol. The van der Waals surface area contributed by atoms with Crippen LogP contribution < -0.4 is 5.50 Å². The van der Waals surface area contributed by atoms with Crippen LogP contribution in [0, 0.1) is 0 Å². The fourth-order valence-electron chi connectivity index (χ4n) is 0.528. The molecule has 0 spiro atoms. The Labute approximate surface area is 39.0 Å². The molecule has 2 N–H and O–H groups in total. The third kappa shape index (κ3) is 0.612. The average molecular weight is 101 g/mol. The lowest BCUT2D eigenvalue weighted by molar-refractivity contribution is 1.31. The molecule has 34 valence electrons. The molecule has 0 aromatic carbocycles. The van der Waals surface area contributed by atoms with Crippen molar-refractivity contribution in [3.05, 3.63) is 12.2 Å². The first-order valence-corrected chi connectivity index (χ1v) is 3.73. The fourth-order valence-corrected chi connectivity index (χ4v) is 1.58. The Kier molecular flexibility index (Phi) is 0.947. The van der Waals surface area contributed by atoms with Crippen molar-refractivity contribution >= 4 is 8.07 Å². The Morgan fingerprint density at radius 1 is 1.67 bits per heavy atom. The van der Waals surface area contributed by atoms with Gasteiger partial charge in [-0.05, 0) is 8.07 Å². The molecule has 0 bridgehead atoms. The maximum atomic E-state index is 5.47. The molecule has 0 unspecified atom stereocenters. The number of nitrogens with two attached hydrogens (primary N) is 1. The van der Waals surface area contributed by atoms with E-state index in [-0.39, 0.29) is 8.07 Å². The molecule has 1 nitrogen and oxygen atoms in total. The first-order chi connectivity index (χ1) is 2.79. The number of hydrogen-bond acceptors (Lipinski definition) is 1. The Balaban J connectivity index is 2.28. The smallest absolute Gasteiger partial charge is 0.00189 e. The zero-order valence-corrected chi connectivity index (χ0v) is 4.54. The van der Waals surface area contributed by atoms with E-state index >= 15 is 0 Å². The summed E-state index contributed by atoms with van der Waals surface area (Å²) in [7, 11) is -0.0566. The van der Waals surface area contributed by atoms with Gasteiger partial charge in [0.2, 0.25) is 0 Å². The second-order valence-corrected chi connectivity index (χ2v) is 3.46. The van der Waals surface area contributed by atoms with Crippen molar-refractivity contribution in [2.45, 2.75) is 0 Å². The minimum absolute atomic E-state index is 0.0566. The molecule has 0 atom stereocenters. The molecule has 1 aliphatic rings. The Morgan fingerprint density at radius 3 is 2.17 bits per heavy atom. The molecule has 1 fully saturated rings. The van der Waals surface area contributed by atoms with Crippen LogP contribution in [0.5, 0.6) is 0 Å². The van der Waals surface area contributed by atoms with E-state index in [9.17, 15) is 0 Å². The van der Waals surface area contributed by atoms with Crippen LogP contribution in [-0.4, -0.2) is 12.3 Å². The van der Waals surface area contributed by atoms with Gasteiger partial charge in [0.05, 0.1) is 0 Å². The largest absolute Gasteiger partial charge is 0.309 e. The molecule has 2 heteroatoms. The predicted octanol–water partition coefficient (Wildman–Crippen LogP) is 0.912. The number of rotatable bonds is 0. The summed E-state index contributed by atoms with van der Waals surface area (Å²) in [5.74, 6) is 0.